The van der Waals surface area contributed by atoms with E-state index in [2.05, 4.69) is 4.74 Å². The minimum absolute atomic E-state index is 0.0116. The quantitative estimate of drug-likeness (QED) is 0.243. The van der Waals surface area contributed by atoms with E-state index < -0.39 is 68.8 Å². The minimum atomic E-state index is -7.79. The topological polar surface area (TPSA) is 63.6 Å². The van der Waals surface area contributed by atoms with E-state index in [9.17, 15) is 61.1 Å². The molecule has 1 N–H and O–H groups in total. The molecule has 2 unspecified atom stereocenters. The first-order valence-electron chi connectivity index (χ1n) is 8.49. The largest absolute Gasteiger partial charge is 0.438 e. The van der Waals surface area contributed by atoms with Crippen molar-refractivity contribution >= 4 is 10.1 Å². The average Bonchev–Trinajstić information content (AvgIpc) is 2.57. The van der Waals surface area contributed by atoms with Gasteiger partial charge in [-0.05, 0) is 13.3 Å². The van der Waals surface area contributed by atoms with E-state index in [-0.39, 0.29) is 20.8 Å². The van der Waals surface area contributed by atoms with Gasteiger partial charge in [-0.3, -0.25) is 9.29 Å². The van der Waals surface area contributed by atoms with Crippen molar-refractivity contribution in [2.24, 2.45) is 10.8 Å². The van der Waals surface area contributed by atoms with Crippen LogP contribution >= 0.6 is 0 Å². The molecule has 0 aromatic heterocycles. The molecule has 0 amide bonds. The standard InChI is InChI=1S/C15H19F13O4S/c1-6-9(4,10(5,18)19)8(2,3)11(20,7(16)17)32-14(25,26)12(21,22)13(23,24)15(27,28)33(29,30)31/h7H,6H2,1-5H3,(H,29,30,31). The maximum Gasteiger partial charge on any atom is 0.438 e. The lowest BCUT2D eigenvalue weighted by Crippen LogP contribution is -2.69. The van der Waals surface area contributed by atoms with Gasteiger partial charge in [0.25, 0.3) is 18.2 Å². The third-order valence-corrected chi connectivity index (χ3v) is 6.82. The van der Waals surface area contributed by atoms with E-state index in [1.165, 1.54) is 0 Å². The molecule has 0 saturated carbocycles. The van der Waals surface area contributed by atoms with Gasteiger partial charge in [0.1, 0.15) is 0 Å². The molecule has 0 heterocycles. The molecule has 0 bridgehead atoms. The maximum absolute atomic E-state index is 15.1. The number of hydrogen-bond donors (Lipinski definition) is 1. The number of halogens is 13. The molecule has 18 heteroatoms. The molecular formula is C15H19F13O4S. The van der Waals surface area contributed by atoms with Gasteiger partial charge in [-0.25, -0.2) is 22.0 Å². The van der Waals surface area contributed by atoms with Gasteiger partial charge in [-0.1, -0.05) is 27.7 Å². The van der Waals surface area contributed by atoms with Crippen LogP contribution in [0.2, 0.25) is 0 Å². The zero-order chi connectivity index (χ0) is 27.5. The van der Waals surface area contributed by atoms with Crippen LogP contribution in [0.3, 0.4) is 0 Å². The van der Waals surface area contributed by atoms with Gasteiger partial charge in [0.2, 0.25) is 0 Å². The summed E-state index contributed by atoms with van der Waals surface area (Å²) in [5.74, 6) is -25.4. The molecule has 4 nitrogen and oxygen atoms in total. The Balaban J connectivity index is 6.94. The summed E-state index contributed by atoms with van der Waals surface area (Å²) in [6.45, 7) is 1.35. The van der Waals surface area contributed by atoms with Crippen LogP contribution in [-0.2, 0) is 14.9 Å². The lowest BCUT2D eigenvalue weighted by Gasteiger charge is -2.53. The summed E-state index contributed by atoms with van der Waals surface area (Å²) in [6, 6.07) is 0. The van der Waals surface area contributed by atoms with Gasteiger partial charge in [0.15, 0.2) is 0 Å². The maximum atomic E-state index is 15.1. The van der Waals surface area contributed by atoms with Crippen molar-refractivity contribution < 1.29 is 74.8 Å². The molecule has 33 heavy (non-hydrogen) atoms. The number of hydrogen-bond acceptors (Lipinski definition) is 3. The summed E-state index contributed by atoms with van der Waals surface area (Å²) in [4.78, 5) is 0. The average molecular weight is 542 g/mol. The Labute approximate surface area is 179 Å². The summed E-state index contributed by atoms with van der Waals surface area (Å²) in [5, 5.41) is -7.36. The molecule has 0 aromatic rings. The van der Waals surface area contributed by atoms with Crippen LogP contribution in [0.15, 0.2) is 0 Å². The zero-order valence-corrected chi connectivity index (χ0v) is 18.1. The van der Waals surface area contributed by atoms with Crippen LogP contribution < -0.4 is 0 Å². The molecule has 0 aliphatic rings. The summed E-state index contributed by atoms with van der Waals surface area (Å²) < 4.78 is 210. The van der Waals surface area contributed by atoms with Crippen LogP contribution in [0.1, 0.15) is 41.0 Å². The molecule has 0 rings (SSSR count). The fraction of sp³-hybridized carbons (Fsp3) is 1.00. The molecule has 0 aromatic carbocycles. The lowest BCUT2D eigenvalue weighted by atomic mass is 9.58. The highest BCUT2D eigenvalue weighted by atomic mass is 32.2. The Hall–Kier alpha value is -1.04. The molecule has 0 radical (unpaired) electrons. The molecule has 0 aliphatic heterocycles. The Kier molecular flexibility index (Phi) is 8.01. The Morgan fingerprint density at radius 3 is 1.39 bits per heavy atom. The third-order valence-electron chi connectivity index (χ3n) is 5.91. The predicted octanol–water partition coefficient (Wildman–Crippen LogP) is 6.38. The van der Waals surface area contributed by atoms with E-state index in [0.717, 1.165) is 6.92 Å². The summed E-state index contributed by atoms with van der Waals surface area (Å²) in [5.41, 5.74) is -6.75. The van der Waals surface area contributed by atoms with Crippen molar-refractivity contribution in [3.63, 3.8) is 0 Å². The van der Waals surface area contributed by atoms with Crippen LogP contribution in [0, 0.1) is 10.8 Å². The van der Waals surface area contributed by atoms with E-state index in [1.54, 1.807) is 0 Å². The van der Waals surface area contributed by atoms with E-state index in [0.29, 0.717) is 6.92 Å². The molecule has 0 spiro atoms. The third kappa shape index (κ3) is 4.38. The van der Waals surface area contributed by atoms with Crippen molar-refractivity contribution in [3.8, 4) is 0 Å². The predicted molar refractivity (Wildman–Crippen MR) is 85.1 cm³/mol. The second-order valence-electron chi connectivity index (χ2n) is 7.90. The first-order chi connectivity index (χ1) is 14.0. The molecular weight excluding hydrogens is 523 g/mol. The first-order valence-corrected chi connectivity index (χ1v) is 9.93. The first kappa shape index (κ1) is 32.0. The van der Waals surface area contributed by atoms with Gasteiger partial charge in [-0.15, -0.1) is 0 Å². The molecule has 0 fully saturated rings. The smallest absolute Gasteiger partial charge is 0.281 e. The van der Waals surface area contributed by atoms with Crippen molar-refractivity contribution in [1.29, 1.82) is 0 Å². The van der Waals surface area contributed by atoms with Crippen molar-refractivity contribution in [1.82, 2.24) is 0 Å². The number of ether oxygens (including phenoxy) is 1. The second kappa shape index (κ2) is 8.27. The van der Waals surface area contributed by atoms with Crippen LogP contribution in [0.4, 0.5) is 57.1 Å². The van der Waals surface area contributed by atoms with Crippen molar-refractivity contribution in [2.75, 3.05) is 0 Å². The molecule has 2 atom stereocenters. The van der Waals surface area contributed by atoms with Crippen molar-refractivity contribution in [2.45, 2.75) is 82.5 Å². The highest BCUT2D eigenvalue weighted by molar-refractivity contribution is 7.87. The lowest BCUT2D eigenvalue weighted by molar-refractivity contribution is -0.479. The Bertz CT molecular complexity index is 822. The fourth-order valence-corrected chi connectivity index (χ4v) is 3.35. The Morgan fingerprint density at radius 2 is 1.15 bits per heavy atom. The SMILES string of the molecule is CCC(C)(C(C)(F)F)C(C)(C)C(F)(OC(F)(F)C(F)(F)C(F)(F)C(F)(F)S(=O)(=O)O)C(F)F. The highest BCUT2D eigenvalue weighted by Gasteiger charge is 2.87. The monoisotopic (exact) mass is 542 g/mol. The van der Waals surface area contributed by atoms with E-state index in [4.69, 9.17) is 4.55 Å². The Morgan fingerprint density at radius 1 is 0.788 bits per heavy atom. The summed E-state index contributed by atoms with van der Waals surface area (Å²) >= 11 is 0. The summed E-state index contributed by atoms with van der Waals surface area (Å²) in [6.07, 6.45) is -13.4. The number of alkyl halides is 13. The summed E-state index contributed by atoms with van der Waals surface area (Å²) in [7, 11) is -7.53. The van der Waals surface area contributed by atoms with Gasteiger partial charge < -0.3 is 0 Å². The van der Waals surface area contributed by atoms with Gasteiger partial charge in [-0.2, -0.15) is 43.5 Å². The number of rotatable bonds is 11. The van der Waals surface area contributed by atoms with Gasteiger partial charge in [0.05, 0.1) is 0 Å². The van der Waals surface area contributed by atoms with E-state index in [1.807, 2.05) is 0 Å². The molecule has 200 valence electrons. The molecule has 0 saturated heterocycles. The van der Waals surface area contributed by atoms with Gasteiger partial charge in [0, 0.05) is 10.8 Å². The van der Waals surface area contributed by atoms with Crippen LogP contribution in [0.5, 0.6) is 0 Å². The molecule has 0 aliphatic carbocycles. The minimum Gasteiger partial charge on any atom is -0.281 e. The van der Waals surface area contributed by atoms with Crippen LogP contribution in [-0.4, -0.2) is 54.4 Å². The fourth-order valence-electron chi connectivity index (χ4n) is 2.90. The second-order valence-corrected chi connectivity index (χ2v) is 9.37. The highest BCUT2D eigenvalue weighted by Crippen LogP contribution is 2.63. The normalized spacial score (nSPS) is 19.4. The zero-order valence-electron chi connectivity index (χ0n) is 17.3. The van der Waals surface area contributed by atoms with Crippen molar-refractivity contribution in [3.05, 3.63) is 0 Å². The van der Waals surface area contributed by atoms with Gasteiger partial charge >= 0.3 is 33.3 Å². The van der Waals surface area contributed by atoms with E-state index >= 15 is 4.39 Å². The van der Waals surface area contributed by atoms with Crippen LogP contribution in [0.25, 0.3) is 0 Å².